The van der Waals surface area contributed by atoms with Gasteiger partial charge in [-0.15, -0.1) is 0 Å². The van der Waals surface area contributed by atoms with E-state index in [1.54, 1.807) is 5.57 Å². The maximum Gasteiger partial charge on any atom is 0.138 e. The number of carbonyl (C=O) groups excluding carboxylic acids is 1. The van der Waals surface area contributed by atoms with Gasteiger partial charge in [0.05, 0.1) is 11.7 Å². The van der Waals surface area contributed by atoms with Crippen LogP contribution in [0, 0.1) is 45.3 Å². The van der Waals surface area contributed by atoms with Gasteiger partial charge in [-0.2, -0.15) is 0 Å². The summed E-state index contributed by atoms with van der Waals surface area (Å²) in [4.78, 5) is 12.8. The Balaban J connectivity index is 1.66. The molecule has 0 aliphatic heterocycles. The first-order valence-electron chi connectivity index (χ1n) is 13.4. The number of Topliss-reactive ketones (excluding diaryl/α,β-unsaturated/α-hetero) is 1. The number of rotatable bonds is 4. The average Bonchev–Trinajstić information content (AvgIpc) is 2.89. The van der Waals surface area contributed by atoms with Crippen molar-refractivity contribution in [3.05, 3.63) is 23.8 Å². The van der Waals surface area contributed by atoms with Crippen molar-refractivity contribution in [2.45, 2.75) is 112 Å². The molecular weight excluding hydrogens is 408 g/mol. The summed E-state index contributed by atoms with van der Waals surface area (Å²) < 4.78 is 0. The van der Waals surface area contributed by atoms with Crippen LogP contribution < -0.4 is 0 Å². The maximum absolute atomic E-state index is 12.8. The van der Waals surface area contributed by atoms with Crippen LogP contribution in [0.25, 0.3) is 0 Å². The van der Waals surface area contributed by atoms with E-state index in [-0.39, 0.29) is 33.7 Å². The second-order valence-electron chi connectivity index (χ2n) is 14.0. The zero-order chi connectivity index (χ0) is 24.6. The summed E-state index contributed by atoms with van der Waals surface area (Å²) in [6.45, 7) is 17.6. The van der Waals surface area contributed by atoms with E-state index in [2.05, 4.69) is 53.7 Å². The summed E-state index contributed by atoms with van der Waals surface area (Å²) in [5.41, 5.74) is 0.818. The molecular formula is C30H48O3. The summed E-state index contributed by atoms with van der Waals surface area (Å²) in [7, 11) is 0. The quantitative estimate of drug-likeness (QED) is 0.476. The third-order valence-electron chi connectivity index (χ3n) is 11.3. The molecule has 0 aromatic rings. The van der Waals surface area contributed by atoms with Crippen molar-refractivity contribution in [1.29, 1.82) is 0 Å². The van der Waals surface area contributed by atoms with E-state index in [4.69, 9.17) is 0 Å². The minimum atomic E-state index is -0.793. The zero-order valence-electron chi connectivity index (χ0n) is 22.4. The molecule has 0 bridgehead atoms. The molecule has 0 unspecified atom stereocenters. The second-order valence-corrected chi connectivity index (χ2v) is 14.0. The fourth-order valence-corrected chi connectivity index (χ4v) is 9.35. The highest BCUT2D eigenvalue weighted by atomic mass is 16.3. The van der Waals surface area contributed by atoms with E-state index in [9.17, 15) is 15.0 Å². The smallest absolute Gasteiger partial charge is 0.138 e. The molecule has 33 heavy (non-hydrogen) atoms. The Morgan fingerprint density at radius 3 is 2.48 bits per heavy atom. The van der Waals surface area contributed by atoms with Crippen LogP contribution in [-0.2, 0) is 4.79 Å². The number of hydrogen-bond donors (Lipinski definition) is 2. The van der Waals surface area contributed by atoms with Gasteiger partial charge in [0.1, 0.15) is 5.78 Å². The lowest BCUT2D eigenvalue weighted by Crippen LogP contribution is -2.57. The molecule has 2 N–H and O–H groups in total. The molecule has 0 aromatic carbocycles. The third kappa shape index (κ3) is 3.63. The molecule has 3 fully saturated rings. The van der Waals surface area contributed by atoms with E-state index < -0.39 is 5.60 Å². The molecule has 8 atom stereocenters. The first-order valence-corrected chi connectivity index (χ1v) is 13.4. The van der Waals surface area contributed by atoms with Crippen LogP contribution in [0.3, 0.4) is 0 Å². The van der Waals surface area contributed by atoms with Crippen molar-refractivity contribution in [2.24, 2.45) is 45.3 Å². The van der Waals surface area contributed by atoms with Crippen LogP contribution in [0.2, 0.25) is 0 Å². The first kappa shape index (κ1) is 25.2. The highest BCUT2D eigenvalue weighted by molar-refractivity contribution is 5.85. The minimum absolute atomic E-state index is 0.00774. The summed E-state index contributed by atoms with van der Waals surface area (Å²) in [6, 6.07) is 0. The van der Waals surface area contributed by atoms with Crippen LogP contribution in [0.1, 0.15) is 100 Å². The second kappa shape index (κ2) is 7.79. The average molecular weight is 457 g/mol. The summed E-state index contributed by atoms with van der Waals surface area (Å²) in [6.07, 6.45) is 13.0. The lowest BCUT2D eigenvalue weighted by Gasteiger charge is -2.63. The van der Waals surface area contributed by atoms with Crippen molar-refractivity contribution < 1.29 is 15.0 Å². The predicted octanol–water partition coefficient (Wildman–Crippen LogP) is 6.48. The first-order chi connectivity index (χ1) is 15.1. The molecule has 186 valence electrons. The number of aliphatic hydroxyl groups excluding tert-OH is 1. The molecule has 3 heteroatoms. The van der Waals surface area contributed by atoms with E-state index in [0.717, 1.165) is 32.1 Å². The third-order valence-corrected chi connectivity index (χ3v) is 11.3. The van der Waals surface area contributed by atoms with Crippen LogP contribution in [0.4, 0.5) is 0 Å². The van der Waals surface area contributed by atoms with Crippen LogP contribution in [-0.4, -0.2) is 27.7 Å². The van der Waals surface area contributed by atoms with Crippen LogP contribution in [0.15, 0.2) is 23.8 Å². The molecule has 0 heterocycles. The Labute approximate surface area is 202 Å². The number of ketones is 1. The SMILES string of the molecule is C[C@H](C/C=C\C(C)(C)O)[C@@H]1[C@@H](O)C[C@]2(C)C3=CC[C@H]4C(C)(C)C(=O)CC[C@]4(C)[C@H]3CC[C@@]12C. The van der Waals surface area contributed by atoms with Crippen molar-refractivity contribution >= 4 is 5.78 Å². The minimum Gasteiger partial charge on any atom is -0.393 e. The highest BCUT2D eigenvalue weighted by Crippen LogP contribution is 2.73. The van der Waals surface area contributed by atoms with E-state index in [1.807, 2.05) is 19.9 Å². The molecule has 4 rings (SSSR count). The normalized spacial score (nSPS) is 45.9. The van der Waals surface area contributed by atoms with Crippen molar-refractivity contribution in [3.8, 4) is 0 Å². The lowest BCUT2D eigenvalue weighted by molar-refractivity contribution is -0.146. The molecule has 0 spiro atoms. The van der Waals surface area contributed by atoms with Crippen LogP contribution >= 0.6 is 0 Å². The molecule has 0 radical (unpaired) electrons. The van der Waals surface area contributed by atoms with Gasteiger partial charge in [0, 0.05) is 11.8 Å². The number of carbonyl (C=O) groups is 1. The van der Waals surface area contributed by atoms with E-state index in [0.29, 0.717) is 30.0 Å². The Bertz CT molecular complexity index is 860. The fraction of sp³-hybridized carbons (Fsp3) is 0.833. The van der Waals surface area contributed by atoms with Gasteiger partial charge in [0.15, 0.2) is 0 Å². The van der Waals surface area contributed by atoms with Gasteiger partial charge in [-0.1, -0.05) is 65.3 Å². The Morgan fingerprint density at radius 1 is 1.18 bits per heavy atom. The molecule has 0 saturated heterocycles. The molecule has 0 amide bonds. The standard InChI is InChI=1S/C30H48O3/c1-19(10-9-15-26(2,3)33)25-22(31)18-30(8)21-11-12-23-27(4,5)24(32)14-16-28(23,6)20(21)13-17-29(25,30)7/h9,11,15,19-20,22-23,25,31,33H,10,12-14,16-18H2,1-8H3/b15-9-/t19-,20+,22+,23+,25-,28-,29+,30-/m1/s1. The molecule has 4 aliphatic rings. The van der Waals surface area contributed by atoms with Gasteiger partial charge in [0.2, 0.25) is 0 Å². The number of fused-ring (bicyclic) bond motifs is 5. The molecule has 3 nitrogen and oxygen atoms in total. The number of aliphatic hydroxyl groups is 2. The Kier molecular flexibility index (Phi) is 5.94. The largest absolute Gasteiger partial charge is 0.393 e. The number of allylic oxidation sites excluding steroid dienone is 3. The molecule has 4 aliphatic carbocycles. The Morgan fingerprint density at radius 2 is 1.85 bits per heavy atom. The van der Waals surface area contributed by atoms with Crippen molar-refractivity contribution in [3.63, 3.8) is 0 Å². The van der Waals surface area contributed by atoms with Gasteiger partial charge < -0.3 is 10.2 Å². The summed E-state index contributed by atoms with van der Waals surface area (Å²) in [5.74, 6) is 2.00. The van der Waals surface area contributed by atoms with E-state index in [1.165, 1.54) is 6.42 Å². The fourth-order valence-electron chi connectivity index (χ4n) is 9.35. The van der Waals surface area contributed by atoms with Gasteiger partial charge in [0.25, 0.3) is 0 Å². The predicted molar refractivity (Wildman–Crippen MR) is 135 cm³/mol. The maximum atomic E-state index is 12.8. The van der Waals surface area contributed by atoms with Crippen molar-refractivity contribution in [1.82, 2.24) is 0 Å². The number of hydrogen-bond acceptors (Lipinski definition) is 3. The van der Waals surface area contributed by atoms with Crippen molar-refractivity contribution in [2.75, 3.05) is 0 Å². The van der Waals surface area contributed by atoms with Gasteiger partial charge in [-0.25, -0.2) is 0 Å². The summed E-state index contributed by atoms with van der Waals surface area (Å²) in [5, 5.41) is 21.5. The van der Waals surface area contributed by atoms with Crippen LogP contribution in [0.5, 0.6) is 0 Å². The Hall–Kier alpha value is -0.930. The van der Waals surface area contributed by atoms with Gasteiger partial charge >= 0.3 is 0 Å². The summed E-state index contributed by atoms with van der Waals surface area (Å²) >= 11 is 0. The monoisotopic (exact) mass is 456 g/mol. The van der Waals surface area contributed by atoms with E-state index >= 15 is 0 Å². The van der Waals surface area contributed by atoms with Gasteiger partial charge in [-0.3, -0.25) is 4.79 Å². The molecule has 3 saturated carbocycles. The zero-order valence-corrected chi connectivity index (χ0v) is 22.4. The van der Waals surface area contributed by atoms with Gasteiger partial charge in [-0.05, 0) is 92.3 Å². The lowest BCUT2D eigenvalue weighted by atomic mass is 9.41. The molecule has 0 aromatic heterocycles. The highest BCUT2D eigenvalue weighted by Gasteiger charge is 2.67. The topological polar surface area (TPSA) is 57.5 Å².